The van der Waals surface area contributed by atoms with Crippen LogP contribution < -0.4 is 10.6 Å². The largest absolute Gasteiger partial charge is 0.522 e. The zero-order chi connectivity index (χ0) is 22.1. The molecular formula is C19H26F3N3O5. The van der Waals surface area contributed by atoms with Crippen molar-refractivity contribution in [2.45, 2.75) is 63.9 Å². The highest BCUT2D eigenvalue weighted by atomic mass is 19.4. The molecule has 3 amide bonds. The van der Waals surface area contributed by atoms with Crippen LogP contribution in [0.2, 0.25) is 0 Å². The quantitative estimate of drug-likeness (QED) is 0.592. The zero-order valence-electron chi connectivity index (χ0n) is 16.7. The Morgan fingerprint density at radius 3 is 2.57 bits per heavy atom. The molecular weight excluding hydrogens is 407 g/mol. The van der Waals surface area contributed by atoms with Gasteiger partial charge in [0.25, 0.3) is 0 Å². The SMILES string of the molecule is CCC(=O)N1CC2(CC2)C[C@H]1C(=O)N[C@@H](C[C@@H]1CCNC1=O)C(=O)COC(F)(F)F. The van der Waals surface area contributed by atoms with Crippen LogP contribution in [-0.4, -0.2) is 66.5 Å². The number of ether oxygens (including phenoxy) is 1. The average molecular weight is 433 g/mol. The van der Waals surface area contributed by atoms with Gasteiger partial charge in [0.2, 0.25) is 17.7 Å². The zero-order valence-corrected chi connectivity index (χ0v) is 16.7. The van der Waals surface area contributed by atoms with Crippen LogP contribution >= 0.6 is 0 Å². The summed E-state index contributed by atoms with van der Waals surface area (Å²) in [7, 11) is 0. The first-order valence-electron chi connectivity index (χ1n) is 10.1. The Morgan fingerprint density at radius 2 is 2.03 bits per heavy atom. The van der Waals surface area contributed by atoms with Gasteiger partial charge in [0.15, 0.2) is 5.78 Å². The molecule has 2 heterocycles. The normalized spacial score (nSPS) is 25.9. The predicted octanol–water partition coefficient (Wildman–Crippen LogP) is 0.894. The maximum Gasteiger partial charge on any atom is 0.522 e. The number of carbonyl (C=O) groups is 4. The topological polar surface area (TPSA) is 105 Å². The van der Waals surface area contributed by atoms with Crippen LogP contribution in [-0.2, 0) is 23.9 Å². The van der Waals surface area contributed by atoms with Crippen LogP contribution in [0.15, 0.2) is 0 Å². The van der Waals surface area contributed by atoms with Gasteiger partial charge in [-0.05, 0) is 37.5 Å². The molecule has 168 valence electrons. The van der Waals surface area contributed by atoms with E-state index in [-0.39, 0.29) is 30.1 Å². The van der Waals surface area contributed by atoms with Gasteiger partial charge in [-0.3, -0.25) is 23.9 Å². The van der Waals surface area contributed by atoms with Gasteiger partial charge in [-0.15, -0.1) is 13.2 Å². The van der Waals surface area contributed by atoms with Gasteiger partial charge in [0, 0.05) is 25.4 Å². The maximum atomic E-state index is 12.9. The number of carbonyl (C=O) groups excluding carboxylic acids is 4. The number of Topliss-reactive ketones (excluding diaryl/α,β-unsaturated/α-hetero) is 1. The number of hydrogen-bond acceptors (Lipinski definition) is 5. The molecule has 1 aliphatic carbocycles. The summed E-state index contributed by atoms with van der Waals surface area (Å²) in [6, 6.07) is -2.07. The monoisotopic (exact) mass is 433 g/mol. The van der Waals surface area contributed by atoms with E-state index in [1.165, 1.54) is 4.90 Å². The van der Waals surface area contributed by atoms with Gasteiger partial charge in [-0.1, -0.05) is 6.92 Å². The Hall–Kier alpha value is -2.17. The molecule has 0 radical (unpaired) electrons. The van der Waals surface area contributed by atoms with Crippen molar-refractivity contribution in [3.05, 3.63) is 0 Å². The summed E-state index contributed by atoms with van der Waals surface area (Å²) in [5, 5.41) is 5.11. The Bertz CT molecular complexity index is 723. The number of alkyl halides is 3. The third-order valence-electron chi connectivity index (χ3n) is 6.16. The molecule has 1 spiro atoms. The Kier molecular flexibility index (Phi) is 6.40. The van der Waals surface area contributed by atoms with E-state index in [1.54, 1.807) is 6.92 Å². The number of nitrogens with zero attached hydrogens (tertiary/aromatic N) is 1. The van der Waals surface area contributed by atoms with Gasteiger partial charge >= 0.3 is 6.36 Å². The van der Waals surface area contributed by atoms with Crippen molar-refractivity contribution in [3.8, 4) is 0 Å². The van der Waals surface area contributed by atoms with Crippen molar-refractivity contribution in [1.82, 2.24) is 15.5 Å². The molecule has 3 atom stereocenters. The molecule has 3 aliphatic rings. The molecule has 0 bridgehead atoms. The van der Waals surface area contributed by atoms with Crippen molar-refractivity contribution in [2.75, 3.05) is 19.7 Å². The number of nitrogens with one attached hydrogen (secondary N) is 2. The van der Waals surface area contributed by atoms with E-state index in [9.17, 15) is 32.3 Å². The summed E-state index contributed by atoms with van der Waals surface area (Å²) < 4.78 is 40.7. The van der Waals surface area contributed by atoms with Crippen LogP contribution in [0.5, 0.6) is 0 Å². The third kappa shape index (κ3) is 5.30. The molecule has 8 nitrogen and oxygen atoms in total. The van der Waals surface area contributed by atoms with Crippen molar-refractivity contribution < 1.29 is 37.1 Å². The second kappa shape index (κ2) is 8.52. The molecule has 3 fully saturated rings. The number of hydrogen-bond donors (Lipinski definition) is 2. The van der Waals surface area contributed by atoms with E-state index in [1.807, 2.05) is 0 Å². The number of likely N-dealkylation sites (tertiary alicyclic amines) is 1. The van der Waals surface area contributed by atoms with Crippen molar-refractivity contribution in [2.24, 2.45) is 11.3 Å². The summed E-state index contributed by atoms with van der Waals surface area (Å²) in [5.41, 5.74) is -0.0723. The number of amides is 3. The Labute approximate surface area is 171 Å². The fraction of sp³-hybridized carbons (Fsp3) is 0.789. The molecule has 0 aromatic carbocycles. The molecule has 11 heteroatoms. The minimum Gasteiger partial charge on any atom is -0.356 e. The minimum absolute atomic E-state index is 0.0723. The lowest BCUT2D eigenvalue weighted by atomic mass is 9.95. The van der Waals surface area contributed by atoms with E-state index >= 15 is 0 Å². The lowest BCUT2D eigenvalue weighted by Gasteiger charge is -2.26. The summed E-state index contributed by atoms with van der Waals surface area (Å²) in [4.78, 5) is 51.0. The summed E-state index contributed by atoms with van der Waals surface area (Å²) in [6.07, 6.45) is -2.16. The van der Waals surface area contributed by atoms with E-state index in [0.29, 0.717) is 25.9 Å². The number of ketones is 1. The summed E-state index contributed by atoms with van der Waals surface area (Å²) >= 11 is 0. The van der Waals surface area contributed by atoms with Crippen molar-refractivity contribution in [1.29, 1.82) is 0 Å². The molecule has 2 saturated heterocycles. The van der Waals surface area contributed by atoms with E-state index in [0.717, 1.165) is 12.8 Å². The van der Waals surface area contributed by atoms with Gasteiger partial charge in [-0.2, -0.15) is 0 Å². The van der Waals surface area contributed by atoms with Crippen LogP contribution in [0.25, 0.3) is 0 Å². The maximum absolute atomic E-state index is 12.9. The molecule has 1 saturated carbocycles. The van der Waals surface area contributed by atoms with Crippen molar-refractivity contribution >= 4 is 23.5 Å². The van der Waals surface area contributed by atoms with E-state index in [4.69, 9.17) is 0 Å². The van der Waals surface area contributed by atoms with E-state index in [2.05, 4.69) is 15.4 Å². The summed E-state index contributed by atoms with van der Waals surface area (Å²) in [6.45, 7) is 1.31. The first kappa shape index (κ1) is 22.5. The van der Waals surface area contributed by atoms with Crippen molar-refractivity contribution in [3.63, 3.8) is 0 Å². The van der Waals surface area contributed by atoms with Crippen LogP contribution in [0, 0.1) is 11.3 Å². The van der Waals surface area contributed by atoms with Gasteiger partial charge in [-0.25, -0.2) is 0 Å². The molecule has 30 heavy (non-hydrogen) atoms. The first-order valence-corrected chi connectivity index (χ1v) is 10.1. The molecule has 0 unspecified atom stereocenters. The summed E-state index contributed by atoms with van der Waals surface area (Å²) in [5.74, 6) is -2.62. The van der Waals surface area contributed by atoms with Gasteiger partial charge in [0.1, 0.15) is 12.6 Å². The first-order chi connectivity index (χ1) is 14.0. The minimum atomic E-state index is -4.98. The van der Waals surface area contributed by atoms with Crippen LogP contribution in [0.4, 0.5) is 13.2 Å². The second-order valence-electron chi connectivity index (χ2n) is 8.37. The van der Waals surface area contributed by atoms with Crippen LogP contribution in [0.3, 0.4) is 0 Å². The Balaban J connectivity index is 1.70. The fourth-order valence-electron chi connectivity index (χ4n) is 4.24. The molecule has 2 aliphatic heterocycles. The van der Waals surface area contributed by atoms with Crippen LogP contribution in [0.1, 0.15) is 45.4 Å². The Morgan fingerprint density at radius 1 is 1.33 bits per heavy atom. The lowest BCUT2D eigenvalue weighted by Crippen LogP contribution is -2.52. The highest BCUT2D eigenvalue weighted by Crippen LogP contribution is 2.54. The predicted molar refractivity (Wildman–Crippen MR) is 96.8 cm³/mol. The fourth-order valence-corrected chi connectivity index (χ4v) is 4.24. The number of halogens is 3. The van der Waals surface area contributed by atoms with Gasteiger partial charge < -0.3 is 15.5 Å². The van der Waals surface area contributed by atoms with E-state index < -0.39 is 42.7 Å². The molecule has 0 aromatic heterocycles. The van der Waals surface area contributed by atoms with Gasteiger partial charge in [0.05, 0.1) is 6.04 Å². The standard InChI is InChI=1S/C19H26F3N3O5/c1-2-15(27)25-10-18(4-5-18)8-13(25)17(29)24-12(7-11-3-6-23-16(11)28)14(26)9-30-19(20,21)22/h11-13H,2-10H2,1H3,(H,23,28)(H,24,29)/t11-,12-,13-/m0/s1. The molecule has 0 aromatic rings. The lowest BCUT2D eigenvalue weighted by molar-refractivity contribution is -0.321. The molecule has 2 N–H and O–H groups in total. The average Bonchev–Trinajstić information content (AvgIpc) is 3.14. The smallest absolute Gasteiger partial charge is 0.356 e. The molecule has 3 rings (SSSR count). The third-order valence-corrected chi connectivity index (χ3v) is 6.16. The second-order valence-corrected chi connectivity index (χ2v) is 8.37. The highest BCUT2D eigenvalue weighted by Gasteiger charge is 2.55. The number of rotatable bonds is 8. The highest BCUT2D eigenvalue weighted by molar-refractivity contribution is 5.94.